The number of hydrogen-bond acceptors (Lipinski definition) is 2. The first-order valence-corrected chi connectivity index (χ1v) is 6.64. The van der Waals surface area contributed by atoms with Gasteiger partial charge in [0.05, 0.1) is 0 Å². The highest BCUT2D eigenvalue weighted by Crippen LogP contribution is 2.36. The Hall–Kier alpha value is -0.0800. The fraction of sp³-hybridized carbons (Fsp3) is 1.00. The van der Waals surface area contributed by atoms with Crippen LogP contribution in [0.3, 0.4) is 0 Å². The molecule has 1 rings (SSSR count). The van der Waals surface area contributed by atoms with Crippen LogP contribution < -0.4 is 5.32 Å². The molecule has 15 heavy (non-hydrogen) atoms. The van der Waals surface area contributed by atoms with Gasteiger partial charge in [0, 0.05) is 18.6 Å². The maximum Gasteiger partial charge on any atom is 0.0499 e. The van der Waals surface area contributed by atoms with Gasteiger partial charge in [0.15, 0.2) is 0 Å². The van der Waals surface area contributed by atoms with Gasteiger partial charge in [0.1, 0.15) is 0 Å². The maximum atomic E-state index is 9.42. The van der Waals surface area contributed by atoms with Crippen LogP contribution in [-0.2, 0) is 0 Å². The molecular weight excluding hydrogens is 186 g/mol. The maximum absolute atomic E-state index is 9.42. The third kappa shape index (κ3) is 4.52. The van der Waals surface area contributed by atoms with Gasteiger partial charge in [0.25, 0.3) is 0 Å². The lowest BCUT2D eigenvalue weighted by Crippen LogP contribution is -2.35. The summed E-state index contributed by atoms with van der Waals surface area (Å²) in [6, 6.07) is 0. The van der Waals surface area contributed by atoms with E-state index in [0.29, 0.717) is 6.61 Å². The second kappa shape index (κ2) is 7.24. The Balaban J connectivity index is 2.02. The van der Waals surface area contributed by atoms with Gasteiger partial charge in [0.2, 0.25) is 0 Å². The van der Waals surface area contributed by atoms with Crippen LogP contribution in [0.15, 0.2) is 0 Å². The molecule has 0 radical (unpaired) electrons. The van der Waals surface area contributed by atoms with Crippen LogP contribution in [0.5, 0.6) is 0 Å². The van der Waals surface area contributed by atoms with Gasteiger partial charge in [-0.25, -0.2) is 0 Å². The first-order chi connectivity index (χ1) is 7.33. The Morgan fingerprint density at radius 3 is 2.47 bits per heavy atom. The van der Waals surface area contributed by atoms with Crippen LogP contribution in [0.25, 0.3) is 0 Å². The SMILES string of the molecule is CCCCCCNCC1(CO)CCCC1. The van der Waals surface area contributed by atoms with E-state index in [2.05, 4.69) is 12.2 Å². The highest BCUT2D eigenvalue weighted by atomic mass is 16.3. The number of rotatable bonds is 8. The van der Waals surface area contributed by atoms with Crippen LogP contribution in [0, 0.1) is 5.41 Å². The zero-order valence-electron chi connectivity index (χ0n) is 10.2. The van der Waals surface area contributed by atoms with Crippen molar-refractivity contribution in [2.45, 2.75) is 58.3 Å². The molecule has 2 heteroatoms. The first-order valence-electron chi connectivity index (χ1n) is 6.64. The average Bonchev–Trinajstić information content (AvgIpc) is 2.73. The van der Waals surface area contributed by atoms with E-state index < -0.39 is 0 Å². The molecule has 1 saturated carbocycles. The first kappa shape index (κ1) is 13.0. The molecule has 0 bridgehead atoms. The van der Waals surface area contributed by atoms with Gasteiger partial charge in [-0.15, -0.1) is 0 Å². The third-order valence-electron chi connectivity index (χ3n) is 3.71. The van der Waals surface area contributed by atoms with E-state index in [-0.39, 0.29) is 5.41 Å². The lowest BCUT2D eigenvalue weighted by Gasteiger charge is -2.26. The van der Waals surface area contributed by atoms with Gasteiger partial charge in [-0.2, -0.15) is 0 Å². The Bertz CT molecular complexity index is 153. The van der Waals surface area contributed by atoms with E-state index in [1.54, 1.807) is 0 Å². The summed E-state index contributed by atoms with van der Waals surface area (Å²) < 4.78 is 0. The Labute approximate surface area is 94.5 Å². The largest absolute Gasteiger partial charge is 0.396 e. The molecule has 0 aromatic rings. The van der Waals surface area contributed by atoms with Crippen molar-refractivity contribution in [3.05, 3.63) is 0 Å². The minimum Gasteiger partial charge on any atom is -0.396 e. The molecule has 2 nitrogen and oxygen atoms in total. The molecular formula is C13H27NO. The van der Waals surface area contributed by atoms with Crippen molar-refractivity contribution in [1.82, 2.24) is 5.32 Å². The van der Waals surface area contributed by atoms with Crippen molar-refractivity contribution in [2.75, 3.05) is 19.7 Å². The van der Waals surface area contributed by atoms with E-state index in [4.69, 9.17) is 0 Å². The minimum absolute atomic E-state index is 0.227. The van der Waals surface area contributed by atoms with E-state index in [1.165, 1.54) is 51.4 Å². The number of nitrogens with one attached hydrogen (secondary N) is 1. The van der Waals surface area contributed by atoms with Gasteiger partial charge in [-0.3, -0.25) is 0 Å². The summed E-state index contributed by atoms with van der Waals surface area (Å²) in [6.45, 7) is 4.76. The van der Waals surface area contributed by atoms with E-state index >= 15 is 0 Å². The summed E-state index contributed by atoms with van der Waals surface area (Å²) in [7, 11) is 0. The molecule has 0 atom stereocenters. The summed E-state index contributed by atoms with van der Waals surface area (Å²) in [5.74, 6) is 0. The zero-order valence-corrected chi connectivity index (χ0v) is 10.2. The molecule has 1 aliphatic rings. The van der Waals surface area contributed by atoms with Crippen molar-refractivity contribution in [3.63, 3.8) is 0 Å². The molecule has 0 unspecified atom stereocenters. The van der Waals surface area contributed by atoms with Crippen molar-refractivity contribution in [3.8, 4) is 0 Å². The number of aliphatic hydroxyl groups is 1. The van der Waals surface area contributed by atoms with Crippen LogP contribution in [-0.4, -0.2) is 24.8 Å². The second-order valence-corrected chi connectivity index (χ2v) is 5.10. The predicted molar refractivity (Wildman–Crippen MR) is 65.0 cm³/mol. The van der Waals surface area contributed by atoms with Crippen molar-refractivity contribution in [1.29, 1.82) is 0 Å². The molecule has 0 aromatic heterocycles. The second-order valence-electron chi connectivity index (χ2n) is 5.10. The quantitative estimate of drug-likeness (QED) is 0.608. The molecule has 0 saturated heterocycles. The van der Waals surface area contributed by atoms with Gasteiger partial charge < -0.3 is 10.4 Å². The monoisotopic (exact) mass is 213 g/mol. The summed E-state index contributed by atoms with van der Waals surface area (Å²) in [6.07, 6.45) is 10.3. The predicted octanol–water partition coefficient (Wildman–Crippen LogP) is 2.71. The molecule has 1 fully saturated rings. The smallest absolute Gasteiger partial charge is 0.0499 e. The van der Waals surface area contributed by atoms with Gasteiger partial charge >= 0.3 is 0 Å². The zero-order chi connectivity index (χ0) is 11.0. The minimum atomic E-state index is 0.227. The normalized spacial score (nSPS) is 19.6. The molecule has 90 valence electrons. The Kier molecular flexibility index (Phi) is 6.26. The fourth-order valence-corrected chi connectivity index (χ4v) is 2.55. The van der Waals surface area contributed by atoms with E-state index in [0.717, 1.165) is 13.1 Å². The van der Waals surface area contributed by atoms with Crippen LogP contribution >= 0.6 is 0 Å². The lowest BCUT2D eigenvalue weighted by atomic mass is 9.87. The molecule has 0 amide bonds. The Morgan fingerprint density at radius 1 is 1.13 bits per heavy atom. The number of hydrogen-bond donors (Lipinski definition) is 2. The molecule has 0 aliphatic heterocycles. The lowest BCUT2D eigenvalue weighted by molar-refractivity contribution is 0.128. The van der Waals surface area contributed by atoms with Gasteiger partial charge in [-0.05, 0) is 25.8 Å². The third-order valence-corrected chi connectivity index (χ3v) is 3.71. The van der Waals surface area contributed by atoms with E-state index in [9.17, 15) is 5.11 Å². The highest BCUT2D eigenvalue weighted by molar-refractivity contribution is 4.85. The van der Waals surface area contributed by atoms with Crippen molar-refractivity contribution < 1.29 is 5.11 Å². The van der Waals surface area contributed by atoms with Gasteiger partial charge in [-0.1, -0.05) is 39.0 Å². The van der Waals surface area contributed by atoms with E-state index in [1.807, 2.05) is 0 Å². The molecule has 0 aromatic carbocycles. The highest BCUT2D eigenvalue weighted by Gasteiger charge is 2.32. The summed E-state index contributed by atoms with van der Waals surface area (Å²) in [4.78, 5) is 0. The standard InChI is InChI=1S/C13H27NO/c1-2-3-4-7-10-14-11-13(12-15)8-5-6-9-13/h14-15H,2-12H2,1H3. The average molecular weight is 213 g/mol. The Morgan fingerprint density at radius 2 is 1.87 bits per heavy atom. The topological polar surface area (TPSA) is 32.3 Å². The fourth-order valence-electron chi connectivity index (χ4n) is 2.55. The molecule has 2 N–H and O–H groups in total. The molecule has 0 spiro atoms. The molecule has 1 aliphatic carbocycles. The molecule has 0 heterocycles. The van der Waals surface area contributed by atoms with Crippen LogP contribution in [0.1, 0.15) is 58.3 Å². The summed E-state index contributed by atoms with van der Waals surface area (Å²) in [5, 5.41) is 12.9. The summed E-state index contributed by atoms with van der Waals surface area (Å²) in [5.41, 5.74) is 0.227. The van der Waals surface area contributed by atoms with Crippen molar-refractivity contribution >= 4 is 0 Å². The number of unbranched alkanes of at least 4 members (excludes halogenated alkanes) is 3. The summed E-state index contributed by atoms with van der Waals surface area (Å²) >= 11 is 0. The van der Waals surface area contributed by atoms with Crippen LogP contribution in [0.4, 0.5) is 0 Å². The van der Waals surface area contributed by atoms with Crippen LogP contribution in [0.2, 0.25) is 0 Å². The number of aliphatic hydroxyl groups excluding tert-OH is 1. The van der Waals surface area contributed by atoms with Crippen molar-refractivity contribution in [2.24, 2.45) is 5.41 Å².